The van der Waals surface area contributed by atoms with E-state index in [4.69, 9.17) is 54.9 Å². The maximum atomic E-state index is 12.3. The predicted molar refractivity (Wildman–Crippen MR) is 381 cm³/mol. The minimum absolute atomic E-state index is 0.0740. The summed E-state index contributed by atoms with van der Waals surface area (Å²) in [6, 6.07) is 33.3. The number of sulfone groups is 1. The van der Waals surface area contributed by atoms with Crippen LogP contribution in [0.15, 0.2) is 150 Å². The Hall–Kier alpha value is -6.59. The Kier molecular flexibility index (Phi) is 36.6. The van der Waals surface area contributed by atoms with E-state index in [1.54, 1.807) is 58.3 Å². The van der Waals surface area contributed by atoms with Gasteiger partial charge in [-0.05, 0) is 189 Å². The number of ether oxygens (including phenoxy) is 6. The lowest BCUT2D eigenvalue weighted by Gasteiger charge is -2.33. The summed E-state index contributed by atoms with van der Waals surface area (Å²) < 4.78 is 101. The second-order valence-corrected chi connectivity index (χ2v) is 32.3. The van der Waals surface area contributed by atoms with Crippen LogP contribution in [-0.2, 0) is 47.9 Å². The highest BCUT2D eigenvalue weighted by atomic mass is 79.9. The number of methoxy groups -OCH3 is 3. The summed E-state index contributed by atoms with van der Waals surface area (Å²) in [4.78, 5) is 54.1. The van der Waals surface area contributed by atoms with E-state index in [-0.39, 0.29) is 44.6 Å². The van der Waals surface area contributed by atoms with Crippen LogP contribution in [-0.4, -0.2) is 170 Å². The fourth-order valence-corrected chi connectivity index (χ4v) is 11.2. The third kappa shape index (κ3) is 34.2. The first-order chi connectivity index (χ1) is 45.2. The van der Waals surface area contributed by atoms with Gasteiger partial charge in [-0.1, -0.05) is 56.1 Å². The highest BCUT2D eigenvalue weighted by molar-refractivity contribution is 9.10. The normalized spacial score (nSPS) is 14.2. The lowest BCUT2D eigenvalue weighted by molar-refractivity contribution is -0.121. The summed E-state index contributed by atoms with van der Waals surface area (Å²) in [5.41, 5.74) is 6.23. The number of carbonyl (C=O) groups excluding carboxylic acids is 4. The Bertz CT molecular complexity index is 3600. The molecule has 0 bridgehead atoms. The molecule has 3 saturated heterocycles. The number of halogens is 3. The molecule has 0 radical (unpaired) electrons. The summed E-state index contributed by atoms with van der Waals surface area (Å²) in [6.07, 6.45) is 3.03. The summed E-state index contributed by atoms with van der Waals surface area (Å²) >= 11 is 6.69. The Morgan fingerprint density at radius 2 is 0.876 bits per heavy atom. The maximum Gasteiger partial charge on any atom is 0.488 e. The molecule has 0 aromatic heterocycles. The number of hydrogen-bond donors (Lipinski definition) is 6. The van der Waals surface area contributed by atoms with Gasteiger partial charge in [0.05, 0.1) is 36.0 Å². The van der Waals surface area contributed by atoms with Crippen molar-refractivity contribution in [3.63, 3.8) is 0 Å². The summed E-state index contributed by atoms with van der Waals surface area (Å²) in [6.45, 7) is 20.1. The van der Waals surface area contributed by atoms with E-state index in [2.05, 4.69) is 77.7 Å². The van der Waals surface area contributed by atoms with Gasteiger partial charge in [-0.3, -0.25) is 16.5 Å². The van der Waals surface area contributed by atoms with Gasteiger partial charge in [-0.15, -0.1) is 0 Å². The third-order valence-electron chi connectivity index (χ3n) is 13.3. The molecule has 3 aliphatic heterocycles. The zero-order valence-corrected chi connectivity index (χ0v) is 63.1. The number of likely N-dealkylation sites (tertiary alicyclic amines) is 3. The van der Waals surface area contributed by atoms with Crippen molar-refractivity contribution in [1.82, 2.24) is 19.5 Å². The summed E-state index contributed by atoms with van der Waals surface area (Å²) in [5, 5.41) is 21.3. The quantitative estimate of drug-likeness (QED) is 0.0235. The van der Waals surface area contributed by atoms with Crippen molar-refractivity contribution in [1.29, 1.82) is 0 Å². The maximum absolute atomic E-state index is 12.3. The zero-order valence-electron chi connectivity index (χ0n) is 56.7. The van der Waals surface area contributed by atoms with E-state index < -0.39 is 52.8 Å². The van der Waals surface area contributed by atoms with Crippen molar-refractivity contribution < 1.29 is 82.9 Å². The van der Waals surface area contributed by atoms with Crippen molar-refractivity contribution >= 4 is 114 Å². The van der Waals surface area contributed by atoms with Crippen molar-refractivity contribution in [3.05, 3.63) is 136 Å². The van der Waals surface area contributed by atoms with Crippen molar-refractivity contribution in [2.45, 2.75) is 138 Å². The Morgan fingerprint density at radius 3 is 1.21 bits per heavy atom. The molecule has 9 N–H and O–H groups in total. The number of hydrogen-bond acceptors (Lipinski definition) is 22. The molecule has 33 heteroatoms. The van der Waals surface area contributed by atoms with Crippen LogP contribution in [0.1, 0.15) is 112 Å². The number of benzene rings is 5. The van der Waals surface area contributed by atoms with Crippen molar-refractivity contribution in [3.8, 4) is 17.2 Å². The molecule has 97 heavy (non-hydrogen) atoms. The number of amides is 3. The number of Topliss-reactive ketones (excluding diaryl/α,β-unsaturated/α-hetero) is 1. The van der Waals surface area contributed by atoms with Crippen LogP contribution < -0.4 is 41.9 Å². The van der Waals surface area contributed by atoms with Gasteiger partial charge in [0.15, 0.2) is 9.84 Å². The minimum Gasteiger partial charge on any atom is -0.497 e. The highest BCUT2D eigenvalue weighted by Crippen LogP contribution is 2.30. The van der Waals surface area contributed by atoms with Crippen LogP contribution in [0.4, 0.5) is 14.4 Å². The molecule has 0 saturated carbocycles. The first-order valence-electron chi connectivity index (χ1n) is 30.2. The number of hydrazone groups is 1. The first-order valence-corrected chi connectivity index (χ1v) is 37.2. The fraction of sp³-hybridized carbons (Fsp3) is 0.453. The Morgan fingerprint density at radius 1 is 0.546 bits per heavy atom. The topological polar surface area (TPSA) is 379 Å². The molecule has 3 fully saturated rings. The number of nitrogens with zero attached hydrogens (tertiary/aromatic N) is 4. The summed E-state index contributed by atoms with van der Waals surface area (Å²) in [7, 11) is -2.40. The number of carbonyl (C=O) groups is 4. The largest absolute Gasteiger partial charge is 0.497 e. The number of hydrazine groups is 1. The molecule has 26 nitrogen and oxygen atoms in total. The van der Waals surface area contributed by atoms with Gasteiger partial charge in [0, 0.05) is 90.3 Å². The zero-order chi connectivity index (χ0) is 73.5. The van der Waals surface area contributed by atoms with E-state index in [0.29, 0.717) is 86.2 Å². The van der Waals surface area contributed by atoms with Gasteiger partial charge in [0.25, 0.3) is 19.1 Å². The van der Waals surface area contributed by atoms with Crippen LogP contribution in [0.3, 0.4) is 0 Å². The Balaban J connectivity index is 0.000000406. The average Bonchev–Trinajstić information content (AvgIpc) is 0.876. The van der Waals surface area contributed by atoms with Gasteiger partial charge in [-0.25, -0.2) is 36.1 Å². The molecule has 0 unspecified atom stereocenters. The van der Waals surface area contributed by atoms with E-state index in [1.807, 2.05) is 67.2 Å². The second kappa shape index (κ2) is 41.1. The third-order valence-corrected chi connectivity index (χ3v) is 18.4. The van der Waals surface area contributed by atoms with Gasteiger partial charge >= 0.3 is 25.4 Å². The fourth-order valence-electron chi connectivity index (χ4n) is 8.29. The van der Waals surface area contributed by atoms with E-state index >= 15 is 0 Å². The molecule has 3 heterocycles. The second-order valence-electron chi connectivity index (χ2n) is 24.2. The highest BCUT2D eigenvalue weighted by Gasteiger charge is 2.29. The molecule has 0 atom stereocenters. The van der Waals surface area contributed by atoms with Gasteiger partial charge in [0.2, 0.25) is 0 Å². The molecule has 3 aliphatic rings. The molecule has 5 aromatic rings. The number of nitrogens with two attached hydrogens (primary N) is 3. The number of sulfonamides is 1. The molecule has 538 valence electrons. The summed E-state index contributed by atoms with van der Waals surface area (Å²) in [5.74, 6) is 10.2. The van der Waals surface area contributed by atoms with E-state index in [1.165, 1.54) is 75.4 Å². The molecule has 0 aliphatic carbocycles. The molecule has 3 amide bonds. The van der Waals surface area contributed by atoms with Gasteiger partial charge < -0.3 is 58.9 Å². The van der Waals surface area contributed by atoms with Gasteiger partial charge in [0.1, 0.15) is 45.7 Å². The van der Waals surface area contributed by atoms with Gasteiger partial charge in [-0.2, -0.15) is 13.5 Å². The van der Waals surface area contributed by atoms with Crippen molar-refractivity contribution in [2.75, 3.05) is 66.5 Å². The number of nitrogens with one attached hydrogen (secondary N) is 1. The monoisotopic (exact) mass is 1560 g/mol. The molecular formula is C64H92BBr2ClN8O18S3. The van der Waals surface area contributed by atoms with Crippen LogP contribution in [0.5, 0.6) is 17.2 Å². The lowest BCUT2D eigenvalue weighted by atomic mass is 9.81. The molecule has 8 rings (SSSR count). The number of piperidine rings is 3. The average molecular weight is 1560 g/mol. The first kappa shape index (κ1) is 86.5. The van der Waals surface area contributed by atoms with Crippen LogP contribution in [0.2, 0.25) is 0 Å². The van der Waals surface area contributed by atoms with Crippen LogP contribution in [0.25, 0.3) is 0 Å². The van der Waals surface area contributed by atoms with E-state index in [0.717, 1.165) is 34.9 Å². The Labute approximate surface area is 592 Å². The number of rotatable bonds is 11. The molecule has 0 spiro atoms. The standard InChI is InChI=1S/C17H25N3O5S.C16H22BrNO2.C10H17NO3.C8H11NO3S.C7H7ClO3S.C6H6BBrO2.H4N2/c1-17(2,3)25-16(21)20-11-9-13(10-12-20)18-19-26(22,23)15-7-5-14(24-4)6-8-15;1-16(2,3)20-15(19)18-10-8-13(9-11-18)12-4-6-14(17)7-5-12;1-10(2,3)14-9(13)11-6-4-8(12)5-7-11;1-12-7-2-4-8(5-3-7)13(10,11)6-9;1-11-6-2-4-7(5-3-6)12(8,9)10;8-6-3-1-5(2-4-6)7(9)10;1-2/h5-8,19H,9-12H2,1-4H3;4-7,13H,8-11H2,1-3H3;4-7H2,1-3H3;2-5H,6,9H2,1H3;2-5H,1H3;1-4,9-10H;1-2H2. The lowest BCUT2D eigenvalue weighted by Crippen LogP contribution is -2.42. The smallest absolute Gasteiger partial charge is 0.488 e. The predicted octanol–water partition coefficient (Wildman–Crippen LogP) is 9.47. The molecule has 5 aromatic carbocycles. The van der Waals surface area contributed by atoms with Crippen LogP contribution in [0, 0.1) is 0 Å². The number of ketones is 1. The van der Waals surface area contributed by atoms with Crippen molar-refractivity contribution in [2.24, 2.45) is 22.5 Å². The molecular weight excluding hydrogens is 1470 g/mol. The SMILES string of the molecule is CC(C)(C)OC(=O)N1CCC(=O)CC1.CC(C)(C)OC(=O)N1CCC(c2ccc(Br)cc2)CC1.COc1ccc(S(=O)(=O)CN)cc1.COc1ccc(S(=O)(=O)Cl)cc1.COc1ccc(S(=O)(=O)NN=C2CCN(C(=O)OC(C)(C)C)CC2)cc1.NN.OB(O)c1ccc(Br)cc1. The van der Waals surface area contributed by atoms with Crippen LogP contribution >= 0.6 is 42.5 Å². The van der Waals surface area contributed by atoms with E-state index in [9.17, 15) is 44.4 Å². The minimum atomic E-state index is -3.74.